The zero-order chi connectivity index (χ0) is 9.28. The van der Waals surface area contributed by atoms with Crippen molar-refractivity contribution in [2.24, 2.45) is 0 Å². The maximum Gasteiger partial charge on any atom is 0.105 e. The number of hydrogen-bond acceptors (Lipinski definition) is 3. The highest BCUT2D eigenvalue weighted by Crippen LogP contribution is 2.14. The van der Waals surface area contributed by atoms with Crippen LogP contribution in [0.25, 0.3) is 0 Å². The molecule has 1 atom stereocenters. The maximum absolute atomic E-state index is 11.2. The molecule has 0 spiro atoms. The molecule has 0 saturated heterocycles. The predicted octanol–water partition coefficient (Wildman–Crippen LogP) is 0.281. The van der Waals surface area contributed by atoms with E-state index in [0.717, 1.165) is 0 Å². The average molecular weight is 180 g/mol. The molecule has 0 amide bonds. The fraction of sp³-hybridized carbons (Fsp3) is 1.00. The highest BCUT2D eigenvalue weighted by atomic mass is 32.2. The number of likely N-dealkylation sites (N-methyl/N-ethyl adjacent to an activating group) is 1. The third kappa shape index (κ3) is 2.76. The summed E-state index contributed by atoms with van der Waals surface area (Å²) in [6.07, 6.45) is 1.34. The molecule has 2 N–H and O–H groups in total. The highest BCUT2D eigenvalue weighted by molar-refractivity contribution is 7.89. The minimum Gasteiger partial charge on any atom is -0.394 e. The van der Waals surface area contributed by atoms with Crippen LogP contribution >= 0.6 is 0 Å². The van der Waals surface area contributed by atoms with Crippen LogP contribution in [-0.2, 0) is 9.92 Å². The average Bonchev–Trinajstić information content (AvgIpc) is 1.84. The third-order valence-corrected chi connectivity index (χ3v) is 3.30. The van der Waals surface area contributed by atoms with E-state index < -0.39 is 15.5 Å². The third-order valence-electron chi connectivity index (χ3n) is 1.76. The van der Waals surface area contributed by atoms with E-state index in [2.05, 4.69) is 0 Å². The lowest BCUT2D eigenvalue weighted by Gasteiger charge is -2.33. The van der Waals surface area contributed by atoms with Crippen molar-refractivity contribution in [3.05, 3.63) is 0 Å². The molecule has 4 nitrogen and oxygen atoms in total. The van der Waals surface area contributed by atoms with Gasteiger partial charge in [0.15, 0.2) is 0 Å². The van der Waals surface area contributed by atoms with Crippen molar-refractivity contribution in [2.75, 3.05) is 19.9 Å². The van der Waals surface area contributed by atoms with Gasteiger partial charge in [-0.25, -0.2) is 13.3 Å². The normalized spacial score (nSPS) is 18.4. The Balaban J connectivity index is 4.63. The molecule has 0 aliphatic carbocycles. The van der Waals surface area contributed by atoms with E-state index in [-0.39, 0.29) is 6.61 Å². The summed E-state index contributed by atoms with van der Waals surface area (Å²) in [5.74, 6) is 0. The molecule has 0 aliphatic heterocycles. The number of hydrogen-bond donors (Lipinski definition) is 2. The molecule has 5 heteroatoms. The van der Waals surface area contributed by atoms with E-state index in [0.29, 0.717) is 0 Å². The number of aliphatic hydroxyl groups is 1. The molecule has 1 unspecified atom stereocenters. The van der Waals surface area contributed by atoms with Gasteiger partial charge in [-0.2, -0.15) is 0 Å². The maximum atomic E-state index is 11.2. The van der Waals surface area contributed by atoms with Gasteiger partial charge in [-0.3, -0.25) is 0 Å². The molecular weight excluding hydrogens is 164 g/mol. The lowest BCUT2D eigenvalue weighted by atomic mass is 10.1. The van der Waals surface area contributed by atoms with Crippen LogP contribution in [0.5, 0.6) is 0 Å². The monoisotopic (exact) mass is 180 g/mol. The van der Waals surface area contributed by atoms with Crippen LogP contribution in [0.4, 0.5) is 0 Å². The molecule has 0 aromatic rings. The van der Waals surface area contributed by atoms with Crippen molar-refractivity contribution in [3.63, 3.8) is 0 Å². The van der Waals surface area contributed by atoms with Crippen LogP contribution in [0, 0.1) is 4.78 Å². The topological polar surface area (TPSA) is 64.4 Å². The minimum atomic E-state index is -2.70. The summed E-state index contributed by atoms with van der Waals surface area (Å²) < 4.78 is 19.8. The summed E-state index contributed by atoms with van der Waals surface area (Å²) >= 11 is 0. The second-order valence-corrected chi connectivity index (χ2v) is 5.42. The van der Waals surface area contributed by atoms with Gasteiger partial charge < -0.3 is 5.11 Å². The Kier molecular flexibility index (Phi) is 3.05. The summed E-state index contributed by atoms with van der Waals surface area (Å²) in [7, 11) is -1.12. The number of nitrogens with zero attached hydrogens (tertiary/aromatic N) is 1. The molecule has 0 aromatic carbocycles. The molecular formula is C6H16N2O2S. The van der Waals surface area contributed by atoms with Crippen molar-refractivity contribution in [1.82, 2.24) is 4.31 Å². The summed E-state index contributed by atoms with van der Waals surface area (Å²) in [6, 6.07) is 0. The predicted molar refractivity (Wildman–Crippen MR) is 45.7 cm³/mol. The molecule has 0 rings (SSSR count). The first-order chi connectivity index (χ1) is 4.72. The van der Waals surface area contributed by atoms with E-state index in [4.69, 9.17) is 9.89 Å². The van der Waals surface area contributed by atoms with Gasteiger partial charge in [-0.05, 0) is 13.8 Å². The lowest BCUT2D eigenvalue weighted by Crippen LogP contribution is -2.46. The summed E-state index contributed by atoms with van der Waals surface area (Å²) in [6.45, 7) is 3.38. The molecule has 0 saturated carbocycles. The van der Waals surface area contributed by atoms with Crippen molar-refractivity contribution in [1.29, 1.82) is 4.78 Å². The first-order valence-corrected chi connectivity index (χ1v) is 5.23. The van der Waals surface area contributed by atoms with E-state index >= 15 is 0 Å². The van der Waals surface area contributed by atoms with Crippen LogP contribution in [0.2, 0.25) is 0 Å². The number of nitrogens with one attached hydrogen (secondary N) is 1. The molecule has 11 heavy (non-hydrogen) atoms. The Morgan fingerprint density at radius 1 is 1.64 bits per heavy atom. The molecule has 68 valence electrons. The van der Waals surface area contributed by atoms with Gasteiger partial charge in [0.2, 0.25) is 0 Å². The number of aliphatic hydroxyl groups excluding tert-OH is 1. The quantitative estimate of drug-likeness (QED) is 0.655. The molecule has 0 fully saturated rings. The number of rotatable bonds is 3. The molecule has 0 radical (unpaired) electrons. The SMILES string of the molecule is CN(C(C)(C)CO)S(C)(=N)=O. The van der Waals surface area contributed by atoms with E-state index in [9.17, 15) is 4.21 Å². The van der Waals surface area contributed by atoms with Crippen LogP contribution in [0.1, 0.15) is 13.8 Å². The van der Waals surface area contributed by atoms with Crippen molar-refractivity contribution in [2.45, 2.75) is 19.4 Å². The minimum absolute atomic E-state index is 0.104. The van der Waals surface area contributed by atoms with Crippen molar-refractivity contribution >= 4 is 9.92 Å². The molecule has 0 aliphatic rings. The molecule has 0 bridgehead atoms. The Bertz CT molecular complexity index is 221. The summed E-state index contributed by atoms with van der Waals surface area (Å²) in [4.78, 5) is 0. The van der Waals surface area contributed by atoms with Crippen LogP contribution in [-0.4, -0.2) is 39.1 Å². The van der Waals surface area contributed by atoms with Gasteiger partial charge in [-0.15, -0.1) is 0 Å². The second kappa shape index (κ2) is 3.08. The second-order valence-electron chi connectivity index (χ2n) is 3.27. The lowest BCUT2D eigenvalue weighted by molar-refractivity contribution is 0.141. The zero-order valence-corrected chi connectivity index (χ0v) is 8.23. The Labute approximate surface area is 68.3 Å². The van der Waals surface area contributed by atoms with Gasteiger partial charge in [0.05, 0.1) is 12.1 Å². The van der Waals surface area contributed by atoms with E-state index in [1.54, 1.807) is 20.9 Å². The van der Waals surface area contributed by atoms with Crippen molar-refractivity contribution in [3.8, 4) is 0 Å². The van der Waals surface area contributed by atoms with Crippen LogP contribution < -0.4 is 0 Å². The van der Waals surface area contributed by atoms with Crippen LogP contribution in [0.3, 0.4) is 0 Å². The smallest absolute Gasteiger partial charge is 0.105 e. The largest absolute Gasteiger partial charge is 0.394 e. The first kappa shape index (κ1) is 10.9. The summed E-state index contributed by atoms with van der Waals surface area (Å²) in [5, 5.41) is 8.88. The van der Waals surface area contributed by atoms with Crippen LogP contribution in [0.15, 0.2) is 0 Å². The zero-order valence-electron chi connectivity index (χ0n) is 7.42. The van der Waals surface area contributed by atoms with Gasteiger partial charge in [-0.1, -0.05) is 0 Å². The van der Waals surface area contributed by atoms with Gasteiger partial charge >= 0.3 is 0 Å². The fourth-order valence-corrected chi connectivity index (χ4v) is 1.57. The van der Waals surface area contributed by atoms with Gasteiger partial charge in [0, 0.05) is 13.3 Å². The van der Waals surface area contributed by atoms with E-state index in [1.807, 2.05) is 0 Å². The standard InChI is InChI=1S/C6H16N2O2S/c1-6(2,5-9)8(3)11(4,7)10/h7,9H,5H2,1-4H3. The van der Waals surface area contributed by atoms with Gasteiger partial charge in [0.25, 0.3) is 0 Å². The van der Waals surface area contributed by atoms with Crippen molar-refractivity contribution < 1.29 is 9.32 Å². The Morgan fingerprint density at radius 2 is 2.00 bits per heavy atom. The van der Waals surface area contributed by atoms with E-state index in [1.165, 1.54) is 10.6 Å². The Hall–Kier alpha value is -0.130. The fourth-order valence-electron chi connectivity index (χ4n) is 0.571. The molecule has 0 aromatic heterocycles. The Morgan fingerprint density at radius 3 is 2.09 bits per heavy atom. The summed E-state index contributed by atoms with van der Waals surface area (Å²) in [5.41, 5.74) is -0.590. The first-order valence-electron chi connectivity index (χ1n) is 3.30. The molecule has 0 heterocycles. The van der Waals surface area contributed by atoms with Gasteiger partial charge in [0.1, 0.15) is 9.92 Å². The highest BCUT2D eigenvalue weighted by Gasteiger charge is 2.26.